The van der Waals surface area contributed by atoms with E-state index in [9.17, 15) is 4.79 Å². The molecule has 3 aromatic carbocycles. The highest BCUT2D eigenvalue weighted by Gasteiger charge is 2.16. The first-order valence-corrected chi connectivity index (χ1v) is 7.15. The monoisotopic (exact) mass is 290 g/mol. The summed E-state index contributed by atoms with van der Waals surface area (Å²) in [5.74, 6) is -1.06. The van der Waals surface area contributed by atoms with Crippen molar-refractivity contribution < 1.29 is 14.3 Å². The summed E-state index contributed by atoms with van der Waals surface area (Å²) in [4.78, 5) is 11.2. The molecule has 4 rings (SSSR count). The molecule has 0 aliphatic carbocycles. The van der Waals surface area contributed by atoms with Crippen LogP contribution in [0.3, 0.4) is 0 Å². The molecule has 0 amide bonds. The number of aryl methyl sites for hydroxylation is 2. The molecule has 0 atom stereocenters. The predicted molar refractivity (Wildman–Crippen MR) is 87.7 cm³/mol. The second kappa shape index (κ2) is 4.34. The van der Waals surface area contributed by atoms with E-state index >= 15 is 0 Å². The smallest absolute Gasteiger partial charge is 0.371 e. The summed E-state index contributed by atoms with van der Waals surface area (Å²) in [5.41, 5.74) is 2.97. The van der Waals surface area contributed by atoms with Gasteiger partial charge >= 0.3 is 5.97 Å². The second-order valence-corrected chi connectivity index (χ2v) is 5.61. The van der Waals surface area contributed by atoms with Gasteiger partial charge in [0.1, 0.15) is 5.58 Å². The minimum atomic E-state index is -1.04. The van der Waals surface area contributed by atoms with Crippen molar-refractivity contribution in [2.75, 3.05) is 0 Å². The quantitative estimate of drug-likeness (QED) is 0.499. The molecule has 1 aromatic heterocycles. The lowest BCUT2D eigenvalue weighted by Crippen LogP contribution is -1.91. The summed E-state index contributed by atoms with van der Waals surface area (Å²) < 4.78 is 5.44. The Morgan fingerprint density at radius 3 is 2.27 bits per heavy atom. The fourth-order valence-corrected chi connectivity index (χ4v) is 3.35. The van der Waals surface area contributed by atoms with Crippen molar-refractivity contribution in [3.8, 4) is 0 Å². The van der Waals surface area contributed by atoms with Crippen LogP contribution in [0.5, 0.6) is 0 Å². The largest absolute Gasteiger partial charge is 0.475 e. The maximum absolute atomic E-state index is 11.2. The first-order valence-electron chi connectivity index (χ1n) is 7.15. The molecule has 0 bridgehead atoms. The number of aromatic carboxylic acids is 1. The minimum Gasteiger partial charge on any atom is -0.475 e. The van der Waals surface area contributed by atoms with Gasteiger partial charge in [-0.25, -0.2) is 4.79 Å². The molecule has 0 spiro atoms. The Kier molecular flexibility index (Phi) is 2.54. The average molecular weight is 290 g/mol. The van der Waals surface area contributed by atoms with Crippen molar-refractivity contribution in [3.05, 3.63) is 59.4 Å². The van der Waals surface area contributed by atoms with Crippen LogP contribution in [-0.4, -0.2) is 11.1 Å². The van der Waals surface area contributed by atoms with Crippen LogP contribution >= 0.6 is 0 Å². The van der Waals surface area contributed by atoms with Gasteiger partial charge in [0.15, 0.2) is 0 Å². The molecule has 0 fully saturated rings. The zero-order valence-electron chi connectivity index (χ0n) is 12.3. The van der Waals surface area contributed by atoms with Gasteiger partial charge in [-0.3, -0.25) is 0 Å². The third kappa shape index (κ3) is 1.59. The highest BCUT2D eigenvalue weighted by Crippen LogP contribution is 2.37. The number of hydrogen-bond acceptors (Lipinski definition) is 2. The van der Waals surface area contributed by atoms with Gasteiger partial charge in [-0.15, -0.1) is 0 Å². The fourth-order valence-electron chi connectivity index (χ4n) is 3.35. The number of carboxylic acids is 1. The summed E-state index contributed by atoms with van der Waals surface area (Å²) >= 11 is 0. The van der Waals surface area contributed by atoms with E-state index in [2.05, 4.69) is 26.0 Å². The van der Waals surface area contributed by atoms with E-state index in [1.54, 1.807) is 6.07 Å². The summed E-state index contributed by atoms with van der Waals surface area (Å²) in [5, 5.41) is 14.7. The van der Waals surface area contributed by atoms with Gasteiger partial charge in [-0.2, -0.15) is 0 Å². The van der Waals surface area contributed by atoms with Gasteiger partial charge in [0.25, 0.3) is 0 Å². The van der Waals surface area contributed by atoms with Crippen molar-refractivity contribution in [2.24, 2.45) is 0 Å². The van der Waals surface area contributed by atoms with Crippen molar-refractivity contribution in [1.82, 2.24) is 0 Å². The number of carbonyl (C=O) groups is 1. The van der Waals surface area contributed by atoms with Crippen LogP contribution in [0.15, 0.2) is 46.9 Å². The molecule has 0 saturated carbocycles. The van der Waals surface area contributed by atoms with Crippen molar-refractivity contribution in [2.45, 2.75) is 13.8 Å². The van der Waals surface area contributed by atoms with Gasteiger partial charge in [0, 0.05) is 5.39 Å². The van der Waals surface area contributed by atoms with E-state index in [0.717, 1.165) is 21.7 Å². The van der Waals surface area contributed by atoms with Gasteiger partial charge in [0.05, 0.1) is 0 Å². The summed E-state index contributed by atoms with van der Waals surface area (Å²) in [6, 6.07) is 13.8. The molecule has 1 N–H and O–H groups in total. The summed E-state index contributed by atoms with van der Waals surface area (Å²) in [7, 11) is 0. The molecule has 1 heterocycles. The number of hydrogen-bond donors (Lipinski definition) is 1. The average Bonchev–Trinajstić information content (AvgIpc) is 2.96. The molecule has 3 heteroatoms. The van der Waals surface area contributed by atoms with Crippen LogP contribution in [0.2, 0.25) is 0 Å². The maximum atomic E-state index is 11.2. The Morgan fingerprint density at radius 2 is 1.59 bits per heavy atom. The lowest BCUT2D eigenvalue weighted by molar-refractivity contribution is 0.0665. The zero-order chi connectivity index (χ0) is 15.4. The molecule has 4 aromatic rings. The number of fused-ring (bicyclic) bond motifs is 4. The molecule has 0 saturated heterocycles. The van der Waals surface area contributed by atoms with Crippen LogP contribution < -0.4 is 0 Å². The van der Waals surface area contributed by atoms with Crippen molar-refractivity contribution >= 4 is 38.5 Å². The highest BCUT2D eigenvalue weighted by molar-refractivity contribution is 6.16. The van der Waals surface area contributed by atoms with Gasteiger partial charge in [0.2, 0.25) is 5.76 Å². The molecule has 22 heavy (non-hydrogen) atoms. The van der Waals surface area contributed by atoms with Crippen LogP contribution in [0.1, 0.15) is 21.7 Å². The topological polar surface area (TPSA) is 50.4 Å². The summed E-state index contributed by atoms with van der Waals surface area (Å²) in [6.07, 6.45) is 0. The van der Waals surface area contributed by atoms with E-state index in [1.807, 2.05) is 24.3 Å². The molecular formula is C19H14O3. The Morgan fingerprint density at radius 1 is 0.909 bits per heavy atom. The van der Waals surface area contributed by atoms with E-state index < -0.39 is 5.97 Å². The van der Waals surface area contributed by atoms with Crippen molar-refractivity contribution in [1.29, 1.82) is 0 Å². The van der Waals surface area contributed by atoms with Gasteiger partial charge in [-0.05, 0) is 58.7 Å². The Labute approximate surface area is 126 Å². The normalized spacial score (nSPS) is 11.5. The zero-order valence-corrected chi connectivity index (χ0v) is 12.3. The standard InChI is InChI=1S/C19H14O3/c1-10-12-5-3-4-6-13(12)11(2)18-14(10)7-8-16-15(18)9-17(22-16)19(20)21/h3-9H,1-2H3,(H,20,21). The van der Waals surface area contributed by atoms with Crippen molar-refractivity contribution in [3.63, 3.8) is 0 Å². The minimum absolute atomic E-state index is 0.0206. The van der Waals surface area contributed by atoms with E-state index in [1.165, 1.54) is 16.3 Å². The first kappa shape index (κ1) is 12.9. The Hall–Kier alpha value is -2.81. The van der Waals surface area contributed by atoms with E-state index in [0.29, 0.717) is 5.58 Å². The summed E-state index contributed by atoms with van der Waals surface area (Å²) in [6.45, 7) is 4.19. The maximum Gasteiger partial charge on any atom is 0.371 e. The molecule has 0 aliphatic heterocycles. The number of rotatable bonds is 1. The second-order valence-electron chi connectivity index (χ2n) is 5.61. The number of furan rings is 1. The highest BCUT2D eigenvalue weighted by atomic mass is 16.4. The Bertz CT molecular complexity index is 1070. The van der Waals surface area contributed by atoms with Crippen LogP contribution in [-0.2, 0) is 0 Å². The molecule has 0 radical (unpaired) electrons. The lowest BCUT2D eigenvalue weighted by atomic mass is 9.91. The van der Waals surface area contributed by atoms with Crippen LogP contribution in [0, 0.1) is 13.8 Å². The number of benzene rings is 3. The van der Waals surface area contributed by atoms with Crippen LogP contribution in [0.25, 0.3) is 32.5 Å². The number of carboxylic acid groups (broad SMARTS) is 1. The molecule has 3 nitrogen and oxygen atoms in total. The predicted octanol–water partition coefficient (Wildman–Crippen LogP) is 5.05. The fraction of sp³-hybridized carbons (Fsp3) is 0.105. The lowest BCUT2D eigenvalue weighted by Gasteiger charge is -2.12. The Balaban J connectivity index is 2.28. The molecule has 0 unspecified atom stereocenters. The van der Waals surface area contributed by atoms with E-state index in [4.69, 9.17) is 9.52 Å². The first-order chi connectivity index (χ1) is 10.6. The molecule has 108 valence electrons. The van der Waals surface area contributed by atoms with Crippen LogP contribution in [0.4, 0.5) is 0 Å². The molecule has 0 aliphatic rings. The SMILES string of the molecule is Cc1c2ccccc2c(C)c2c1ccc1oc(C(=O)O)cc12. The third-order valence-corrected chi connectivity index (χ3v) is 4.43. The van der Waals surface area contributed by atoms with Gasteiger partial charge in [-0.1, -0.05) is 30.3 Å². The van der Waals surface area contributed by atoms with E-state index in [-0.39, 0.29) is 5.76 Å². The van der Waals surface area contributed by atoms with Gasteiger partial charge < -0.3 is 9.52 Å². The molecular weight excluding hydrogens is 276 g/mol. The third-order valence-electron chi connectivity index (χ3n) is 4.43.